The molecule has 0 aromatic heterocycles. The minimum absolute atomic E-state index is 0.202. The summed E-state index contributed by atoms with van der Waals surface area (Å²) in [5.41, 5.74) is 1.48. The predicted molar refractivity (Wildman–Crippen MR) is 143 cm³/mol. The van der Waals surface area contributed by atoms with Gasteiger partial charge in [-0.2, -0.15) is 0 Å². The number of nitrogens with one attached hydrogen (secondary N) is 1. The maximum atomic E-state index is 13.2. The number of amides is 4. The van der Waals surface area contributed by atoms with E-state index in [-0.39, 0.29) is 12.2 Å². The summed E-state index contributed by atoms with van der Waals surface area (Å²) < 4.78 is 11.4. The van der Waals surface area contributed by atoms with Crippen molar-refractivity contribution < 1.29 is 23.9 Å². The molecule has 1 saturated heterocycles. The molecule has 37 heavy (non-hydrogen) atoms. The molecular weight excluding hydrogens is 515 g/mol. The van der Waals surface area contributed by atoms with Gasteiger partial charge in [0, 0.05) is 5.02 Å². The Hall–Kier alpha value is -3.81. The molecule has 0 spiro atoms. The van der Waals surface area contributed by atoms with Crippen molar-refractivity contribution in [2.45, 2.75) is 26.4 Å². The van der Waals surface area contributed by atoms with E-state index in [1.165, 1.54) is 6.08 Å². The van der Waals surface area contributed by atoms with Gasteiger partial charge in [-0.1, -0.05) is 54.7 Å². The van der Waals surface area contributed by atoms with Gasteiger partial charge in [0.15, 0.2) is 0 Å². The molecule has 1 aliphatic heterocycles. The second kappa shape index (κ2) is 12.0. The molecule has 0 radical (unpaired) electrons. The maximum absolute atomic E-state index is 13.2. The van der Waals surface area contributed by atoms with Gasteiger partial charge in [-0.05, 0) is 72.2 Å². The highest BCUT2D eigenvalue weighted by molar-refractivity contribution is 6.39. The number of hydrogen-bond donors (Lipinski definition) is 1. The first-order chi connectivity index (χ1) is 17.9. The van der Waals surface area contributed by atoms with Gasteiger partial charge in [0.1, 0.15) is 23.7 Å². The van der Waals surface area contributed by atoms with Crippen LogP contribution in [0.4, 0.5) is 10.5 Å². The van der Waals surface area contributed by atoms with E-state index < -0.39 is 17.8 Å². The second-order valence-electron chi connectivity index (χ2n) is 8.26. The van der Waals surface area contributed by atoms with E-state index in [9.17, 15) is 14.4 Å². The van der Waals surface area contributed by atoms with Crippen molar-refractivity contribution in [2.75, 3.05) is 11.5 Å². The van der Waals surface area contributed by atoms with E-state index in [4.69, 9.17) is 32.7 Å². The number of rotatable bonds is 9. The summed E-state index contributed by atoms with van der Waals surface area (Å²) in [5.74, 6) is -0.475. The highest BCUT2D eigenvalue weighted by Crippen LogP contribution is 2.29. The van der Waals surface area contributed by atoms with Crippen LogP contribution in [-0.4, -0.2) is 24.5 Å². The average molecular weight is 539 g/mol. The number of benzene rings is 3. The van der Waals surface area contributed by atoms with E-state index in [1.54, 1.807) is 54.6 Å². The van der Waals surface area contributed by atoms with Crippen molar-refractivity contribution in [3.8, 4) is 11.5 Å². The van der Waals surface area contributed by atoms with Crippen LogP contribution in [0.15, 0.2) is 72.3 Å². The lowest BCUT2D eigenvalue weighted by molar-refractivity contribution is -0.122. The molecule has 1 aliphatic rings. The lowest BCUT2D eigenvalue weighted by atomic mass is 10.1. The van der Waals surface area contributed by atoms with Crippen molar-refractivity contribution in [1.29, 1.82) is 0 Å². The lowest BCUT2D eigenvalue weighted by Crippen LogP contribution is -2.54. The molecule has 9 heteroatoms. The minimum atomic E-state index is -0.824. The van der Waals surface area contributed by atoms with Gasteiger partial charge in [0.2, 0.25) is 0 Å². The fraction of sp³-hybridized carbons (Fsp3) is 0.179. The van der Waals surface area contributed by atoms with Crippen molar-refractivity contribution in [1.82, 2.24) is 5.32 Å². The third-order valence-electron chi connectivity index (χ3n) is 5.51. The molecule has 1 fully saturated rings. The average Bonchev–Trinajstić information content (AvgIpc) is 2.87. The van der Waals surface area contributed by atoms with E-state index in [2.05, 4.69) is 12.2 Å². The number of imide groups is 2. The van der Waals surface area contributed by atoms with E-state index in [1.807, 2.05) is 12.1 Å². The molecule has 1 N–H and O–H groups in total. The van der Waals surface area contributed by atoms with Crippen LogP contribution in [0.3, 0.4) is 0 Å². The Bertz CT molecular complexity index is 1350. The van der Waals surface area contributed by atoms with Crippen LogP contribution in [0.2, 0.25) is 10.0 Å². The molecule has 4 rings (SSSR count). The summed E-state index contributed by atoms with van der Waals surface area (Å²) in [5, 5.41) is 3.12. The number of urea groups is 1. The molecule has 0 unspecified atom stereocenters. The first kappa shape index (κ1) is 26.3. The summed E-state index contributed by atoms with van der Waals surface area (Å²) >= 11 is 12.4. The number of barbiturate groups is 1. The first-order valence-corrected chi connectivity index (χ1v) is 12.4. The predicted octanol–water partition coefficient (Wildman–Crippen LogP) is 6.42. The molecule has 0 saturated carbocycles. The number of carbonyl (C=O) groups is 3. The number of halogens is 2. The standard InChI is InChI=1S/C28H24Cl2N2O5/c1-2-3-13-36-22-10-8-21(9-11-22)32-27(34)23(26(33)31-28(32)35)15-18-7-12-25(24(30)16-18)37-17-19-5-4-6-20(29)14-19/h4-12,14-16H,2-3,13,17H2,1H3,(H,31,33,35)/b23-15-. The minimum Gasteiger partial charge on any atom is -0.494 e. The molecular formula is C28H24Cl2N2O5. The third-order valence-corrected chi connectivity index (χ3v) is 6.04. The van der Waals surface area contributed by atoms with E-state index >= 15 is 0 Å². The number of hydrogen-bond acceptors (Lipinski definition) is 5. The summed E-state index contributed by atoms with van der Waals surface area (Å²) in [6, 6.07) is 17.9. The number of carbonyl (C=O) groups excluding carboxylic acids is 3. The van der Waals surface area contributed by atoms with Crippen LogP contribution in [0.1, 0.15) is 30.9 Å². The summed E-state index contributed by atoms with van der Waals surface area (Å²) in [7, 11) is 0. The molecule has 7 nitrogen and oxygen atoms in total. The Balaban J connectivity index is 1.50. The van der Waals surface area contributed by atoms with Gasteiger partial charge in [-0.15, -0.1) is 0 Å². The van der Waals surface area contributed by atoms with Gasteiger partial charge in [-0.3, -0.25) is 14.9 Å². The Kier molecular flexibility index (Phi) is 8.48. The zero-order valence-electron chi connectivity index (χ0n) is 20.0. The Morgan fingerprint density at radius 3 is 2.43 bits per heavy atom. The van der Waals surface area contributed by atoms with Crippen LogP contribution in [0.25, 0.3) is 6.08 Å². The lowest BCUT2D eigenvalue weighted by Gasteiger charge is -2.26. The Morgan fingerprint density at radius 2 is 1.73 bits per heavy atom. The van der Waals surface area contributed by atoms with Crippen molar-refractivity contribution in [2.24, 2.45) is 0 Å². The number of nitrogens with zero attached hydrogens (tertiary/aromatic N) is 1. The molecule has 0 bridgehead atoms. The van der Waals surface area contributed by atoms with E-state index in [0.29, 0.717) is 39.4 Å². The molecule has 4 amide bonds. The summed E-state index contributed by atoms with van der Waals surface area (Å²) in [4.78, 5) is 39.1. The van der Waals surface area contributed by atoms with Gasteiger partial charge in [0.25, 0.3) is 11.8 Å². The highest BCUT2D eigenvalue weighted by atomic mass is 35.5. The van der Waals surface area contributed by atoms with Crippen molar-refractivity contribution >= 4 is 52.8 Å². The summed E-state index contributed by atoms with van der Waals surface area (Å²) in [6.07, 6.45) is 3.31. The van der Waals surface area contributed by atoms with E-state index in [0.717, 1.165) is 23.3 Å². The largest absolute Gasteiger partial charge is 0.494 e. The molecule has 190 valence electrons. The fourth-order valence-corrected chi connectivity index (χ4v) is 4.05. The second-order valence-corrected chi connectivity index (χ2v) is 9.11. The molecule has 0 aliphatic carbocycles. The van der Waals surface area contributed by atoms with Gasteiger partial charge in [-0.25, -0.2) is 9.69 Å². The molecule has 3 aromatic carbocycles. The van der Waals surface area contributed by atoms with Crippen molar-refractivity contribution in [3.05, 3.63) is 93.5 Å². The van der Waals surface area contributed by atoms with Crippen LogP contribution in [-0.2, 0) is 16.2 Å². The normalized spacial score (nSPS) is 14.6. The SMILES string of the molecule is CCCCOc1ccc(N2C(=O)NC(=O)/C(=C/c3ccc(OCc4cccc(Cl)c4)c(Cl)c3)C2=O)cc1. The number of anilines is 1. The van der Waals surface area contributed by atoms with Crippen LogP contribution in [0, 0.1) is 0 Å². The zero-order chi connectivity index (χ0) is 26.4. The zero-order valence-corrected chi connectivity index (χ0v) is 21.5. The number of unbranched alkanes of at least 4 members (excludes halogenated alkanes) is 1. The van der Waals surface area contributed by atoms with Crippen LogP contribution < -0.4 is 19.7 Å². The van der Waals surface area contributed by atoms with Gasteiger partial charge in [0.05, 0.1) is 17.3 Å². The topological polar surface area (TPSA) is 84.9 Å². The van der Waals surface area contributed by atoms with Crippen LogP contribution in [0.5, 0.6) is 11.5 Å². The van der Waals surface area contributed by atoms with Gasteiger partial charge < -0.3 is 9.47 Å². The Labute approximate surface area is 224 Å². The van der Waals surface area contributed by atoms with Gasteiger partial charge >= 0.3 is 6.03 Å². The van der Waals surface area contributed by atoms with Crippen LogP contribution >= 0.6 is 23.2 Å². The Morgan fingerprint density at radius 1 is 0.946 bits per heavy atom. The molecule has 0 atom stereocenters. The molecule has 1 heterocycles. The monoisotopic (exact) mass is 538 g/mol. The molecule has 3 aromatic rings. The smallest absolute Gasteiger partial charge is 0.335 e. The quantitative estimate of drug-likeness (QED) is 0.193. The third kappa shape index (κ3) is 6.50. The number of ether oxygens (including phenoxy) is 2. The first-order valence-electron chi connectivity index (χ1n) is 11.7. The summed E-state index contributed by atoms with van der Waals surface area (Å²) in [6.45, 7) is 2.91. The highest BCUT2D eigenvalue weighted by Gasteiger charge is 2.36. The fourth-order valence-electron chi connectivity index (χ4n) is 3.60. The van der Waals surface area contributed by atoms with Crippen molar-refractivity contribution in [3.63, 3.8) is 0 Å². The maximum Gasteiger partial charge on any atom is 0.335 e.